The Labute approximate surface area is 237 Å². The zero-order chi connectivity index (χ0) is 29.2. The summed E-state index contributed by atoms with van der Waals surface area (Å²) in [6.07, 6.45) is -2.99. The second-order valence-electron chi connectivity index (χ2n) is 9.64. The van der Waals surface area contributed by atoms with Crippen molar-refractivity contribution in [2.45, 2.75) is 50.2 Å². The van der Waals surface area contributed by atoms with Gasteiger partial charge in [-0.3, -0.25) is 9.35 Å². The van der Waals surface area contributed by atoms with Gasteiger partial charge in [0.1, 0.15) is 17.0 Å². The minimum atomic E-state index is -4.64. The van der Waals surface area contributed by atoms with Crippen LogP contribution in [0.5, 0.6) is 5.88 Å². The average molecular weight is 614 g/mol. The van der Waals surface area contributed by atoms with Gasteiger partial charge in [-0.1, -0.05) is 18.2 Å². The van der Waals surface area contributed by atoms with Crippen LogP contribution in [0.25, 0.3) is 0 Å². The fourth-order valence-electron chi connectivity index (χ4n) is 4.80. The fraction of sp³-hybridized carbons (Fsp3) is 0.423. The third-order valence-electron chi connectivity index (χ3n) is 6.86. The molecule has 0 saturated carbocycles. The molecular formula is C26H26F3N3O7S2. The van der Waals surface area contributed by atoms with Crippen LogP contribution in [0.15, 0.2) is 41.9 Å². The molecule has 3 aromatic rings. The van der Waals surface area contributed by atoms with Crippen LogP contribution >= 0.6 is 11.3 Å². The Balaban J connectivity index is 1.15. The second-order valence-corrected chi connectivity index (χ2v) is 12.0. The Morgan fingerprint density at radius 3 is 2.63 bits per heavy atom. The van der Waals surface area contributed by atoms with E-state index in [-0.39, 0.29) is 19.1 Å². The van der Waals surface area contributed by atoms with Gasteiger partial charge in [0.15, 0.2) is 6.61 Å². The normalized spacial score (nSPS) is 18.5. The summed E-state index contributed by atoms with van der Waals surface area (Å²) in [5, 5.41) is 2.69. The molecule has 0 radical (unpaired) electrons. The third kappa shape index (κ3) is 7.22. The van der Waals surface area contributed by atoms with Crippen molar-refractivity contribution in [2.24, 2.45) is 0 Å². The maximum absolute atomic E-state index is 13.1. The zero-order valence-corrected chi connectivity index (χ0v) is 23.2. The van der Waals surface area contributed by atoms with Crippen LogP contribution in [-0.2, 0) is 49.5 Å². The van der Waals surface area contributed by atoms with Gasteiger partial charge in [0.2, 0.25) is 12.2 Å². The first-order chi connectivity index (χ1) is 19.5. The number of hydrogen-bond acceptors (Lipinski definition) is 9. The van der Waals surface area contributed by atoms with E-state index < -0.39 is 52.3 Å². The van der Waals surface area contributed by atoms with Crippen molar-refractivity contribution in [2.75, 3.05) is 19.7 Å². The van der Waals surface area contributed by atoms with E-state index >= 15 is 0 Å². The monoisotopic (exact) mass is 613 g/mol. The van der Waals surface area contributed by atoms with Gasteiger partial charge in [0.25, 0.3) is 16.0 Å². The molecule has 0 bridgehead atoms. The minimum absolute atomic E-state index is 0.0793. The molecule has 10 nitrogen and oxygen atoms in total. The molecular weight excluding hydrogens is 587 g/mol. The topological polar surface area (TPSA) is 128 Å². The lowest BCUT2D eigenvalue weighted by Gasteiger charge is -2.31. The lowest BCUT2D eigenvalue weighted by Crippen LogP contribution is -2.40. The number of halogens is 3. The number of aromatic nitrogens is 2. The highest BCUT2D eigenvalue weighted by Gasteiger charge is 2.35. The summed E-state index contributed by atoms with van der Waals surface area (Å²) in [7, 11) is -4.21. The summed E-state index contributed by atoms with van der Waals surface area (Å²) in [4.78, 5) is 22.5. The van der Waals surface area contributed by atoms with Crippen molar-refractivity contribution in [3.8, 4) is 5.88 Å². The summed E-state index contributed by atoms with van der Waals surface area (Å²) in [5.74, 6) is -1.49. The number of amides is 1. The molecule has 1 saturated heterocycles. The lowest BCUT2D eigenvalue weighted by molar-refractivity contribution is -0.155. The number of alkyl halides is 3. The average Bonchev–Trinajstić information content (AvgIpc) is 3.31. The Hall–Kier alpha value is -3.11. The zero-order valence-electron chi connectivity index (χ0n) is 21.5. The summed E-state index contributed by atoms with van der Waals surface area (Å²) >= 11 is 1.45. The number of benzene rings is 1. The molecule has 1 amide bonds. The van der Waals surface area contributed by atoms with Crippen LogP contribution in [0, 0.1) is 0 Å². The molecule has 2 aliphatic rings. The number of rotatable bonds is 7. The minimum Gasteiger partial charge on any atom is -0.467 e. The highest BCUT2D eigenvalue weighted by Crippen LogP contribution is 2.36. The van der Waals surface area contributed by atoms with Gasteiger partial charge in [-0.15, -0.1) is 11.3 Å². The van der Waals surface area contributed by atoms with Crippen LogP contribution in [0.4, 0.5) is 13.2 Å². The highest BCUT2D eigenvalue weighted by atomic mass is 32.2. The smallest absolute Gasteiger partial charge is 0.421 e. The van der Waals surface area contributed by atoms with Crippen molar-refractivity contribution in [1.29, 1.82) is 0 Å². The molecule has 1 aromatic carbocycles. The molecule has 41 heavy (non-hydrogen) atoms. The number of thiazole rings is 1. The van der Waals surface area contributed by atoms with Gasteiger partial charge in [-0.2, -0.15) is 21.6 Å². The molecule has 1 fully saturated rings. The summed E-state index contributed by atoms with van der Waals surface area (Å²) in [6.45, 7) is 0.523. The Morgan fingerprint density at radius 2 is 1.90 bits per heavy atom. The largest absolute Gasteiger partial charge is 0.467 e. The molecule has 1 N–H and O–H groups in total. The van der Waals surface area contributed by atoms with Crippen LogP contribution in [0.1, 0.15) is 58.0 Å². The number of pyridine rings is 1. The first-order valence-corrected chi connectivity index (χ1v) is 15.1. The number of carbonyl (C=O) groups excluding carboxylic acids is 1. The Morgan fingerprint density at radius 1 is 1.15 bits per heavy atom. The summed E-state index contributed by atoms with van der Waals surface area (Å²) in [5.41, 5.74) is 1.41. The number of ether oxygens (including phenoxy) is 3. The van der Waals surface area contributed by atoms with Crippen molar-refractivity contribution in [3.05, 3.63) is 74.9 Å². The number of carbonyl (C=O) groups is 1. The van der Waals surface area contributed by atoms with Crippen molar-refractivity contribution in [3.63, 3.8) is 0 Å². The van der Waals surface area contributed by atoms with E-state index in [4.69, 9.17) is 19.2 Å². The van der Waals surface area contributed by atoms with Crippen molar-refractivity contribution < 1.29 is 45.1 Å². The van der Waals surface area contributed by atoms with Gasteiger partial charge in [0.05, 0.1) is 18.2 Å². The van der Waals surface area contributed by atoms with E-state index in [1.165, 1.54) is 17.5 Å². The van der Waals surface area contributed by atoms with Crippen LogP contribution < -0.4 is 4.74 Å². The van der Waals surface area contributed by atoms with Crippen molar-refractivity contribution in [1.82, 2.24) is 14.9 Å². The molecule has 2 aromatic heterocycles. The van der Waals surface area contributed by atoms with E-state index in [1.807, 2.05) is 11.4 Å². The molecule has 5 rings (SSSR count). The van der Waals surface area contributed by atoms with E-state index in [9.17, 15) is 30.9 Å². The predicted molar refractivity (Wildman–Crippen MR) is 139 cm³/mol. The number of likely N-dealkylation sites (tertiary alicyclic amines) is 1. The van der Waals surface area contributed by atoms with Crippen LogP contribution in [-0.4, -0.2) is 53.4 Å². The third-order valence-corrected chi connectivity index (χ3v) is 8.57. The fourth-order valence-corrected chi connectivity index (χ4v) is 6.45. The van der Waals surface area contributed by atoms with Gasteiger partial charge >= 0.3 is 6.18 Å². The van der Waals surface area contributed by atoms with E-state index in [0.29, 0.717) is 42.8 Å². The first kappa shape index (κ1) is 29.4. The second kappa shape index (κ2) is 12.0. The Kier molecular flexibility index (Phi) is 8.61. The SMILES string of the molecule is O=C(COc1ncccc1C(F)(F)F)N1CCC(c2nc(C3OCc4cccc(CS(=O)(=O)O)c4CO3)cs2)CC1. The van der Waals surface area contributed by atoms with Gasteiger partial charge < -0.3 is 19.1 Å². The van der Waals surface area contributed by atoms with E-state index in [2.05, 4.69) is 4.98 Å². The standard InChI is InChI=1S/C26H26F3N3O7S2/c27-26(28,29)20-5-2-8-30-23(20)37-13-22(33)32-9-6-16(7-10-32)24-31-21(14-40-24)25-38-11-17-3-1-4-18(15-41(34,35)36)19(17)12-39-25/h1-5,8,14,16,25H,6-7,9-13,15H2,(H,34,35,36). The maximum atomic E-state index is 13.1. The quantitative estimate of drug-likeness (QED) is 0.384. The first-order valence-electron chi connectivity index (χ1n) is 12.6. The molecule has 1 atom stereocenters. The number of nitrogens with zero attached hydrogens (tertiary/aromatic N) is 3. The number of hydrogen-bond donors (Lipinski definition) is 1. The molecule has 220 valence electrons. The van der Waals surface area contributed by atoms with Crippen LogP contribution in [0.3, 0.4) is 0 Å². The summed E-state index contributed by atoms with van der Waals surface area (Å²) in [6, 6.07) is 7.14. The van der Waals surface area contributed by atoms with Crippen molar-refractivity contribution >= 4 is 27.4 Å². The van der Waals surface area contributed by atoms with Crippen LogP contribution in [0.2, 0.25) is 0 Å². The maximum Gasteiger partial charge on any atom is 0.421 e. The van der Waals surface area contributed by atoms with E-state index in [1.54, 1.807) is 17.0 Å². The molecule has 1 unspecified atom stereocenters. The van der Waals surface area contributed by atoms with Gasteiger partial charge in [-0.05, 0) is 41.7 Å². The molecule has 4 heterocycles. The molecule has 0 spiro atoms. The summed E-state index contributed by atoms with van der Waals surface area (Å²) < 4.78 is 88.5. The molecule has 15 heteroatoms. The van der Waals surface area contributed by atoms with Gasteiger partial charge in [-0.25, -0.2) is 9.97 Å². The number of piperidine rings is 1. The highest BCUT2D eigenvalue weighted by molar-refractivity contribution is 7.85. The van der Waals surface area contributed by atoms with E-state index in [0.717, 1.165) is 22.7 Å². The lowest BCUT2D eigenvalue weighted by atomic mass is 9.97. The van der Waals surface area contributed by atoms with Gasteiger partial charge in [0, 0.05) is 30.6 Å². The molecule has 2 aliphatic heterocycles. The Bertz CT molecular complexity index is 1510. The molecule has 0 aliphatic carbocycles. The number of fused-ring (bicyclic) bond motifs is 1. The predicted octanol–water partition coefficient (Wildman–Crippen LogP) is 4.48.